The molecule has 1 N–H and O–H groups in total. The number of amides is 1. The highest BCUT2D eigenvalue weighted by molar-refractivity contribution is 8.00. The van der Waals surface area contributed by atoms with Crippen LogP contribution in [0.3, 0.4) is 0 Å². The van der Waals surface area contributed by atoms with Crippen molar-refractivity contribution in [3.05, 3.63) is 83.4 Å². The molecule has 8 heteroatoms. The van der Waals surface area contributed by atoms with Gasteiger partial charge in [0.15, 0.2) is 11.5 Å². The SMILES string of the molecule is COC(=O)Oc1ccc(/C=N\NC(=O)CSC2c3ccccc3-c3ccccc32)cc1OC. The second kappa shape index (κ2) is 10.2. The third-order valence-electron chi connectivity index (χ3n) is 5.11. The van der Waals surface area contributed by atoms with Gasteiger partial charge >= 0.3 is 6.16 Å². The number of nitrogens with zero attached hydrogens (tertiary/aromatic N) is 1. The maximum absolute atomic E-state index is 12.4. The third kappa shape index (κ3) is 5.01. The molecule has 0 unspecified atom stereocenters. The first-order chi connectivity index (χ1) is 16.1. The van der Waals surface area contributed by atoms with Crippen molar-refractivity contribution in [2.75, 3.05) is 20.0 Å². The summed E-state index contributed by atoms with van der Waals surface area (Å²) in [6.07, 6.45) is 0.652. The molecule has 3 aromatic carbocycles. The summed E-state index contributed by atoms with van der Waals surface area (Å²) in [4.78, 5) is 23.7. The van der Waals surface area contributed by atoms with Gasteiger partial charge in [-0.3, -0.25) is 4.79 Å². The number of fused-ring (bicyclic) bond motifs is 3. The van der Waals surface area contributed by atoms with Gasteiger partial charge in [0.2, 0.25) is 5.91 Å². The summed E-state index contributed by atoms with van der Waals surface area (Å²) in [5.74, 6) is 0.625. The van der Waals surface area contributed by atoms with Crippen molar-refractivity contribution in [1.82, 2.24) is 5.43 Å². The molecule has 0 spiro atoms. The molecule has 0 aromatic heterocycles. The predicted molar refractivity (Wildman–Crippen MR) is 128 cm³/mol. The maximum Gasteiger partial charge on any atom is 0.513 e. The maximum atomic E-state index is 12.4. The van der Waals surface area contributed by atoms with E-state index in [0.717, 1.165) is 0 Å². The molecule has 0 saturated heterocycles. The van der Waals surface area contributed by atoms with Gasteiger partial charge in [0, 0.05) is 0 Å². The number of benzene rings is 3. The zero-order chi connectivity index (χ0) is 23.2. The van der Waals surface area contributed by atoms with E-state index in [1.165, 1.54) is 42.7 Å². The van der Waals surface area contributed by atoms with Gasteiger partial charge in [0.25, 0.3) is 0 Å². The fraction of sp³-hybridized carbons (Fsp3) is 0.160. The molecule has 0 heterocycles. The summed E-state index contributed by atoms with van der Waals surface area (Å²) in [6.45, 7) is 0. The van der Waals surface area contributed by atoms with Crippen molar-refractivity contribution in [3.8, 4) is 22.6 Å². The molecule has 1 amide bonds. The zero-order valence-electron chi connectivity index (χ0n) is 18.1. The number of hydrogen-bond acceptors (Lipinski definition) is 7. The first-order valence-corrected chi connectivity index (χ1v) is 11.2. The Labute approximate surface area is 195 Å². The zero-order valence-corrected chi connectivity index (χ0v) is 18.9. The number of hydrazone groups is 1. The summed E-state index contributed by atoms with van der Waals surface area (Å²) in [6, 6.07) is 21.5. The van der Waals surface area contributed by atoms with Crippen LogP contribution in [0.2, 0.25) is 0 Å². The minimum atomic E-state index is -0.841. The molecule has 3 aromatic rings. The van der Waals surface area contributed by atoms with Crippen molar-refractivity contribution < 1.29 is 23.8 Å². The number of rotatable bonds is 7. The fourth-order valence-electron chi connectivity index (χ4n) is 3.64. The van der Waals surface area contributed by atoms with E-state index in [2.05, 4.69) is 39.5 Å². The van der Waals surface area contributed by atoms with Crippen LogP contribution in [0.4, 0.5) is 4.79 Å². The van der Waals surface area contributed by atoms with Gasteiger partial charge in [-0.2, -0.15) is 5.10 Å². The molecule has 1 aliphatic carbocycles. The van der Waals surface area contributed by atoms with Crippen molar-refractivity contribution in [3.63, 3.8) is 0 Å². The van der Waals surface area contributed by atoms with Crippen molar-refractivity contribution in [2.24, 2.45) is 5.10 Å². The Morgan fingerprint density at radius 3 is 2.27 bits per heavy atom. The second-order valence-corrected chi connectivity index (χ2v) is 8.22. The van der Waals surface area contributed by atoms with Crippen LogP contribution < -0.4 is 14.9 Å². The van der Waals surface area contributed by atoms with E-state index in [9.17, 15) is 9.59 Å². The van der Waals surface area contributed by atoms with Crippen molar-refractivity contribution in [1.29, 1.82) is 0 Å². The molecular weight excluding hydrogens is 440 g/mol. The van der Waals surface area contributed by atoms with Crippen LogP contribution in [0.25, 0.3) is 11.1 Å². The Morgan fingerprint density at radius 2 is 1.64 bits per heavy atom. The minimum absolute atomic E-state index is 0.110. The molecule has 0 fully saturated rings. The fourth-order valence-corrected chi connectivity index (χ4v) is 4.79. The Bertz CT molecular complexity index is 1170. The normalized spacial score (nSPS) is 12.2. The molecule has 4 rings (SSSR count). The number of carbonyl (C=O) groups excluding carboxylic acids is 2. The van der Waals surface area contributed by atoms with Crippen LogP contribution in [-0.4, -0.2) is 38.2 Å². The quantitative estimate of drug-likeness (QED) is 0.235. The number of nitrogens with one attached hydrogen (secondary N) is 1. The van der Waals surface area contributed by atoms with Gasteiger partial charge in [-0.15, -0.1) is 11.8 Å². The lowest BCUT2D eigenvalue weighted by molar-refractivity contribution is -0.118. The number of thioether (sulfide) groups is 1. The Balaban J connectivity index is 1.36. The highest BCUT2D eigenvalue weighted by atomic mass is 32.2. The van der Waals surface area contributed by atoms with Crippen molar-refractivity contribution >= 4 is 30.0 Å². The third-order valence-corrected chi connectivity index (χ3v) is 6.38. The molecule has 7 nitrogen and oxygen atoms in total. The standard InChI is InChI=1S/C25H22N2O5S/c1-30-22-13-16(11-12-21(22)32-25(29)31-2)14-26-27-23(28)15-33-24-19-9-5-3-7-17(19)18-8-4-6-10-20(18)24/h3-14,24H,15H2,1-2H3,(H,27,28)/b26-14-. The highest BCUT2D eigenvalue weighted by Crippen LogP contribution is 2.49. The summed E-state index contributed by atoms with van der Waals surface area (Å²) in [7, 11) is 2.68. The number of ether oxygens (including phenoxy) is 3. The smallest absolute Gasteiger partial charge is 0.493 e. The average Bonchev–Trinajstić information content (AvgIpc) is 3.17. The molecule has 0 bridgehead atoms. The average molecular weight is 463 g/mol. The molecule has 0 atom stereocenters. The van der Waals surface area contributed by atoms with E-state index in [4.69, 9.17) is 9.47 Å². The molecule has 168 valence electrons. The topological polar surface area (TPSA) is 86.2 Å². The largest absolute Gasteiger partial charge is 0.513 e. The summed E-state index contributed by atoms with van der Waals surface area (Å²) >= 11 is 1.57. The lowest BCUT2D eigenvalue weighted by Gasteiger charge is -2.12. The lowest BCUT2D eigenvalue weighted by atomic mass is 10.1. The van der Waals surface area contributed by atoms with Crippen LogP contribution >= 0.6 is 11.8 Å². The predicted octanol–water partition coefficient (Wildman–Crippen LogP) is 4.79. The monoisotopic (exact) mass is 462 g/mol. The van der Waals surface area contributed by atoms with Gasteiger partial charge in [-0.25, -0.2) is 10.2 Å². The number of methoxy groups -OCH3 is 2. The number of carbonyl (C=O) groups is 2. The lowest BCUT2D eigenvalue weighted by Crippen LogP contribution is -2.20. The molecule has 0 radical (unpaired) electrons. The second-order valence-electron chi connectivity index (χ2n) is 7.13. The van der Waals surface area contributed by atoms with E-state index in [1.54, 1.807) is 30.0 Å². The van der Waals surface area contributed by atoms with Crippen LogP contribution in [0.1, 0.15) is 21.9 Å². The van der Waals surface area contributed by atoms with E-state index in [0.29, 0.717) is 11.3 Å². The van der Waals surface area contributed by atoms with E-state index in [-0.39, 0.29) is 22.7 Å². The van der Waals surface area contributed by atoms with Gasteiger partial charge in [-0.1, -0.05) is 48.5 Å². The first-order valence-electron chi connectivity index (χ1n) is 10.2. The first kappa shape index (κ1) is 22.4. The van der Waals surface area contributed by atoms with E-state index >= 15 is 0 Å². The van der Waals surface area contributed by atoms with Crippen LogP contribution in [0, 0.1) is 0 Å². The van der Waals surface area contributed by atoms with E-state index in [1.807, 2.05) is 24.3 Å². The minimum Gasteiger partial charge on any atom is -0.493 e. The molecule has 0 aliphatic heterocycles. The summed E-state index contributed by atoms with van der Waals surface area (Å²) < 4.78 is 14.7. The summed E-state index contributed by atoms with van der Waals surface area (Å²) in [5, 5.41) is 4.14. The molecule has 0 saturated carbocycles. The molecule has 1 aliphatic rings. The highest BCUT2D eigenvalue weighted by Gasteiger charge is 2.28. The van der Waals surface area contributed by atoms with Crippen LogP contribution in [-0.2, 0) is 9.53 Å². The van der Waals surface area contributed by atoms with Gasteiger partial charge < -0.3 is 14.2 Å². The Kier molecular flexibility index (Phi) is 6.95. The van der Waals surface area contributed by atoms with E-state index < -0.39 is 6.16 Å². The number of hydrogen-bond donors (Lipinski definition) is 1. The molecule has 33 heavy (non-hydrogen) atoms. The van der Waals surface area contributed by atoms with Crippen molar-refractivity contribution in [2.45, 2.75) is 5.25 Å². The van der Waals surface area contributed by atoms with Gasteiger partial charge in [0.05, 0.1) is 31.4 Å². The van der Waals surface area contributed by atoms with Crippen LogP contribution in [0.5, 0.6) is 11.5 Å². The van der Waals surface area contributed by atoms with Gasteiger partial charge in [0.1, 0.15) is 0 Å². The summed E-state index contributed by atoms with van der Waals surface area (Å²) in [5.41, 5.74) is 8.11. The molecular formula is C25H22N2O5S. The Morgan fingerprint density at radius 1 is 0.970 bits per heavy atom. The Hall–Kier alpha value is -3.78. The van der Waals surface area contributed by atoms with Gasteiger partial charge in [-0.05, 0) is 46.0 Å². The van der Waals surface area contributed by atoms with Crippen LogP contribution in [0.15, 0.2) is 71.8 Å².